The summed E-state index contributed by atoms with van der Waals surface area (Å²) in [6.45, 7) is 3.63. The lowest BCUT2D eigenvalue weighted by Gasteiger charge is -2.21. The van der Waals surface area contributed by atoms with Crippen molar-refractivity contribution in [2.75, 3.05) is 32.1 Å². The molecule has 0 spiro atoms. The molecule has 0 aliphatic heterocycles. The molecule has 3 aromatic rings. The van der Waals surface area contributed by atoms with Crippen molar-refractivity contribution < 1.29 is 4.79 Å². The van der Waals surface area contributed by atoms with Gasteiger partial charge in [0.15, 0.2) is 5.13 Å². The maximum absolute atomic E-state index is 13.2. The van der Waals surface area contributed by atoms with Crippen LogP contribution >= 0.6 is 39.7 Å². The lowest BCUT2D eigenvalue weighted by Crippen LogP contribution is -2.33. The molecule has 0 atom stereocenters. The standard InChI is InChI=1S/C20H22BrN3OS.ClH/c1-14-9-10-17-18(13-14)26-20(22-17)24(12-6-11-23(2)3)19(25)15-7-4-5-8-16(15)21;/h4-5,7-10,13H,6,11-12H2,1-3H3;1H. The number of nitrogens with zero attached hydrogens (tertiary/aromatic N) is 3. The first-order valence-corrected chi connectivity index (χ1v) is 10.1. The van der Waals surface area contributed by atoms with E-state index in [1.54, 1.807) is 11.3 Å². The Hall–Kier alpha value is -1.47. The first-order valence-electron chi connectivity index (χ1n) is 8.54. The Labute approximate surface area is 178 Å². The van der Waals surface area contributed by atoms with E-state index in [4.69, 9.17) is 4.98 Å². The zero-order valence-corrected chi connectivity index (χ0v) is 18.8. The van der Waals surface area contributed by atoms with Gasteiger partial charge in [-0.3, -0.25) is 9.69 Å². The third-order valence-corrected chi connectivity index (χ3v) is 5.83. The monoisotopic (exact) mass is 467 g/mol. The second-order valence-corrected chi connectivity index (χ2v) is 8.42. The fraction of sp³-hybridized carbons (Fsp3) is 0.300. The highest BCUT2D eigenvalue weighted by Crippen LogP contribution is 2.31. The van der Waals surface area contributed by atoms with Gasteiger partial charge in [-0.15, -0.1) is 12.4 Å². The fourth-order valence-electron chi connectivity index (χ4n) is 2.74. The van der Waals surface area contributed by atoms with Crippen LogP contribution in [0.15, 0.2) is 46.9 Å². The topological polar surface area (TPSA) is 36.4 Å². The molecule has 0 unspecified atom stereocenters. The molecule has 2 aromatic carbocycles. The fourth-order valence-corrected chi connectivity index (χ4v) is 4.29. The summed E-state index contributed by atoms with van der Waals surface area (Å²) in [6.07, 6.45) is 0.887. The van der Waals surface area contributed by atoms with E-state index in [0.29, 0.717) is 12.1 Å². The van der Waals surface area contributed by atoms with Gasteiger partial charge in [0.25, 0.3) is 5.91 Å². The minimum Gasteiger partial charge on any atom is -0.309 e. The minimum absolute atomic E-state index is 0. The molecule has 0 fully saturated rings. The summed E-state index contributed by atoms with van der Waals surface area (Å²) in [5.74, 6) is -0.0213. The normalized spacial score (nSPS) is 10.9. The lowest BCUT2D eigenvalue weighted by molar-refractivity contribution is 0.0985. The highest BCUT2D eigenvalue weighted by Gasteiger charge is 2.22. The van der Waals surface area contributed by atoms with Crippen LogP contribution in [-0.4, -0.2) is 43.0 Å². The number of hydrogen-bond acceptors (Lipinski definition) is 4. The Kier molecular flexibility index (Phi) is 7.79. The van der Waals surface area contributed by atoms with E-state index in [1.807, 2.05) is 49.3 Å². The molecule has 7 heteroatoms. The number of carbonyl (C=O) groups is 1. The van der Waals surface area contributed by atoms with Crippen LogP contribution in [-0.2, 0) is 0 Å². The number of amides is 1. The molecule has 27 heavy (non-hydrogen) atoms. The van der Waals surface area contributed by atoms with Gasteiger partial charge < -0.3 is 4.90 Å². The molecule has 0 saturated carbocycles. The number of fused-ring (bicyclic) bond motifs is 1. The van der Waals surface area contributed by atoms with E-state index >= 15 is 0 Å². The first kappa shape index (κ1) is 21.8. The van der Waals surface area contributed by atoms with Crippen molar-refractivity contribution in [3.63, 3.8) is 0 Å². The van der Waals surface area contributed by atoms with Crippen LogP contribution in [0.3, 0.4) is 0 Å². The van der Waals surface area contributed by atoms with Gasteiger partial charge in [-0.05, 0) is 79.7 Å². The van der Waals surface area contributed by atoms with Gasteiger partial charge in [0.05, 0.1) is 15.8 Å². The molecule has 1 aromatic heterocycles. The van der Waals surface area contributed by atoms with Crippen LogP contribution in [0.1, 0.15) is 22.3 Å². The van der Waals surface area contributed by atoms with Crippen LogP contribution in [0.4, 0.5) is 5.13 Å². The third-order valence-electron chi connectivity index (χ3n) is 4.10. The summed E-state index contributed by atoms with van der Waals surface area (Å²) < 4.78 is 1.91. The molecule has 0 bridgehead atoms. The van der Waals surface area contributed by atoms with Gasteiger partial charge >= 0.3 is 0 Å². The van der Waals surface area contributed by atoms with E-state index in [0.717, 1.165) is 32.8 Å². The smallest absolute Gasteiger partial charge is 0.261 e. The van der Waals surface area contributed by atoms with E-state index in [2.05, 4.69) is 39.9 Å². The number of aryl methyl sites for hydroxylation is 1. The predicted molar refractivity (Wildman–Crippen MR) is 121 cm³/mol. The third kappa shape index (κ3) is 5.29. The molecule has 0 saturated heterocycles. The van der Waals surface area contributed by atoms with Crippen LogP contribution in [0.2, 0.25) is 0 Å². The lowest BCUT2D eigenvalue weighted by atomic mass is 10.2. The zero-order chi connectivity index (χ0) is 18.7. The number of anilines is 1. The molecular weight excluding hydrogens is 446 g/mol. The maximum atomic E-state index is 13.2. The summed E-state index contributed by atoms with van der Waals surface area (Å²) in [5, 5.41) is 0.755. The Balaban J connectivity index is 0.00000261. The summed E-state index contributed by atoms with van der Waals surface area (Å²) >= 11 is 5.07. The average molecular weight is 469 g/mol. The molecule has 1 amide bonds. The number of aromatic nitrogens is 1. The average Bonchev–Trinajstić information content (AvgIpc) is 3.01. The number of hydrogen-bond donors (Lipinski definition) is 0. The molecule has 144 valence electrons. The van der Waals surface area contributed by atoms with Gasteiger partial charge in [-0.25, -0.2) is 4.98 Å². The number of benzene rings is 2. The van der Waals surface area contributed by atoms with Crippen molar-refractivity contribution in [1.29, 1.82) is 0 Å². The molecule has 0 radical (unpaired) electrons. The molecule has 0 N–H and O–H groups in total. The van der Waals surface area contributed by atoms with Crippen molar-refractivity contribution in [1.82, 2.24) is 9.88 Å². The van der Waals surface area contributed by atoms with Crippen LogP contribution < -0.4 is 4.90 Å². The van der Waals surface area contributed by atoms with E-state index in [9.17, 15) is 4.79 Å². The number of thiazole rings is 1. The summed E-state index contributed by atoms with van der Waals surface area (Å²) in [4.78, 5) is 21.9. The second-order valence-electron chi connectivity index (χ2n) is 6.56. The van der Waals surface area contributed by atoms with Gasteiger partial charge in [-0.1, -0.05) is 29.5 Å². The van der Waals surface area contributed by atoms with E-state index in [-0.39, 0.29) is 18.3 Å². The number of rotatable bonds is 6. The van der Waals surface area contributed by atoms with Gasteiger partial charge in [-0.2, -0.15) is 0 Å². The van der Waals surface area contributed by atoms with Gasteiger partial charge in [0.1, 0.15) is 0 Å². The summed E-state index contributed by atoms with van der Waals surface area (Å²) in [6, 6.07) is 13.7. The van der Waals surface area contributed by atoms with Crippen LogP contribution in [0.5, 0.6) is 0 Å². The molecular formula is C20H23BrClN3OS. The second kappa shape index (κ2) is 9.64. The van der Waals surface area contributed by atoms with Crippen molar-refractivity contribution in [3.8, 4) is 0 Å². The summed E-state index contributed by atoms with van der Waals surface area (Å²) in [7, 11) is 4.08. The Morgan fingerprint density at radius 3 is 2.59 bits per heavy atom. The van der Waals surface area contributed by atoms with Gasteiger partial charge in [0.2, 0.25) is 0 Å². The maximum Gasteiger partial charge on any atom is 0.261 e. The number of carbonyl (C=O) groups excluding carboxylic acids is 1. The zero-order valence-electron chi connectivity index (χ0n) is 15.6. The predicted octanol–water partition coefficient (Wildman–Crippen LogP) is 5.39. The molecule has 4 nitrogen and oxygen atoms in total. The van der Waals surface area contributed by atoms with E-state index in [1.165, 1.54) is 5.56 Å². The largest absolute Gasteiger partial charge is 0.309 e. The molecule has 1 heterocycles. The van der Waals surface area contributed by atoms with Crippen molar-refractivity contribution in [3.05, 3.63) is 58.1 Å². The van der Waals surface area contributed by atoms with Crippen LogP contribution in [0, 0.1) is 6.92 Å². The van der Waals surface area contributed by atoms with Crippen molar-refractivity contribution in [2.24, 2.45) is 0 Å². The molecule has 0 aliphatic carbocycles. The van der Waals surface area contributed by atoms with Gasteiger partial charge in [0, 0.05) is 11.0 Å². The Morgan fingerprint density at radius 2 is 1.89 bits per heavy atom. The van der Waals surface area contributed by atoms with E-state index < -0.39 is 0 Å². The highest BCUT2D eigenvalue weighted by molar-refractivity contribution is 9.10. The van der Waals surface area contributed by atoms with Crippen LogP contribution in [0.25, 0.3) is 10.2 Å². The SMILES string of the molecule is Cc1ccc2nc(N(CCCN(C)C)C(=O)c3ccccc3Br)sc2c1.Cl. The Morgan fingerprint density at radius 1 is 1.15 bits per heavy atom. The molecule has 0 aliphatic rings. The highest BCUT2D eigenvalue weighted by atomic mass is 79.9. The number of halogens is 2. The first-order chi connectivity index (χ1) is 12.5. The van der Waals surface area contributed by atoms with Crippen molar-refractivity contribution >= 4 is 60.9 Å². The minimum atomic E-state index is -0.0213. The quantitative estimate of drug-likeness (QED) is 0.487. The van der Waals surface area contributed by atoms with Crippen molar-refractivity contribution in [2.45, 2.75) is 13.3 Å². The Bertz CT molecular complexity index is 928. The molecule has 3 rings (SSSR count). The summed E-state index contributed by atoms with van der Waals surface area (Å²) in [5.41, 5.74) is 2.80.